The fourth-order valence-corrected chi connectivity index (χ4v) is 4.65. The number of aromatic nitrogens is 2. The van der Waals surface area contributed by atoms with E-state index in [0.29, 0.717) is 29.7 Å². The van der Waals surface area contributed by atoms with Crippen LogP contribution in [0.2, 0.25) is 0 Å². The molecule has 1 unspecified atom stereocenters. The van der Waals surface area contributed by atoms with Crippen molar-refractivity contribution >= 4 is 31.5 Å². The molecular weight excluding hydrogens is 358 g/mol. The Morgan fingerprint density at radius 2 is 2.29 bits per heavy atom. The zero-order valence-corrected chi connectivity index (χ0v) is 14.4. The number of halogens is 1. The van der Waals surface area contributed by atoms with E-state index in [4.69, 9.17) is 0 Å². The van der Waals surface area contributed by atoms with E-state index in [0.717, 1.165) is 12.8 Å². The number of unbranched alkanes of at least 4 members (excludes halogenated alkanes) is 1. The van der Waals surface area contributed by atoms with Crippen LogP contribution in [0, 0.1) is 5.92 Å². The third-order valence-electron chi connectivity index (χ3n) is 3.62. The lowest BCUT2D eigenvalue weighted by Gasteiger charge is -2.13. The van der Waals surface area contributed by atoms with Crippen molar-refractivity contribution in [1.82, 2.24) is 9.78 Å². The molecule has 0 radical (unpaired) electrons. The lowest BCUT2D eigenvalue weighted by molar-refractivity contribution is 0.540. The summed E-state index contributed by atoms with van der Waals surface area (Å²) in [5, 5.41) is 7.27. The minimum atomic E-state index is -2.87. The molecule has 0 amide bonds. The van der Waals surface area contributed by atoms with Crippen LogP contribution in [-0.2, 0) is 16.4 Å². The van der Waals surface area contributed by atoms with Crippen LogP contribution in [0.1, 0.15) is 26.2 Å². The van der Waals surface area contributed by atoms with Crippen molar-refractivity contribution in [3.8, 4) is 0 Å². The summed E-state index contributed by atoms with van der Waals surface area (Å²) in [7, 11) is -2.87. The maximum Gasteiger partial charge on any atom is 0.283 e. The molecule has 1 fully saturated rings. The van der Waals surface area contributed by atoms with Crippen LogP contribution in [0.5, 0.6) is 0 Å². The molecule has 0 bridgehead atoms. The second-order valence-electron chi connectivity index (χ2n) is 5.40. The molecule has 2 rings (SSSR count). The van der Waals surface area contributed by atoms with Crippen molar-refractivity contribution in [2.24, 2.45) is 5.92 Å². The largest absolute Gasteiger partial charge is 0.382 e. The number of sulfone groups is 1. The summed E-state index contributed by atoms with van der Waals surface area (Å²) >= 11 is 3.30. The predicted octanol–water partition coefficient (Wildman–Crippen LogP) is 1.65. The first-order valence-electron chi connectivity index (χ1n) is 7.13. The Morgan fingerprint density at radius 1 is 1.52 bits per heavy atom. The molecule has 1 aromatic rings. The average molecular weight is 378 g/mol. The van der Waals surface area contributed by atoms with Crippen LogP contribution in [0.3, 0.4) is 0 Å². The summed E-state index contributed by atoms with van der Waals surface area (Å²) in [5.41, 5.74) is 0.463. The van der Waals surface area contributed by atoms with Crippen molar-refractivity contribution in [3.05, 3.63) is 21.0 Å². The van der Waals surface area contributed by atoms with E-state index in [-0.39, 0.29) is 23.0 Å². The summed E-state index contributed by atoms with van der Waals surface area (Å²) in [4.78, 5) is 12.1. The van der Waals surface area contributed by atoms with Crippen LogP contribution >= 0.6 is 15.9 Å². The highest BCUT2D eigenvalue weighted by molar-refractivity contribution is 9.10. The van der Waals surface area contributed by atoms with Crippen molar-refractivity contribution in [2.75, 3.05) is 23.4 Å². The number of hydrogen-bond acceptors (Lipinski definition) is 5. The smallest absolute Gasteiger partial charge is 0.283 e. The zero-order chi connectivity index (χ0) is 15.5. The highest BCUT2D eigenvalue weighted by atomic mass is 79.9. The minimum Gasteiger partial charge on any atom is -0.382 e. The van der Waals surface area contributed by atoms with Gasteiger partial charge in [0, 0.05) is 13.1 Å². The standard InChI is InChI=1S/C13H20BrN3O3S/c1-2-3-5-17-13(18)12(14)11(8-16-17)15-7-10-4-6-21(19,20)9-10/h8,10,15H,2-7,9H2,1H3. The fraction of sp³-hybridized carbons (Fsp3) is 0.692. The molecule has 1 aliphatic rings. The van der Waals surface area contributed by atoms with E-state index in [1.165, 1.54) is 4.68 Å². The molecule has 6 nitrogen and oxygen atoms in total. The molecular formula is C13H20BrN3O3S. The molecule has 1 atom stereocenters. The second kappa shape index (κ2) is 6.91. The molecule has 1 aliphatic heterocycles. The summed E-state index contributed by atoms with van der Waals surface area (Å²) < 4.78 is 24.7. The topological polar surface area (TPSA) is 81.1 Å². The molecule has 1 N–H and O–H groups in total. The number of rotatable bonds is 6. The van der Waals surface area contributed by atoms with Gasteiger partial charge in [-0.25, -0.2) is 13.1 Å². The van der Waals surface area contributed by atoms with Crippen molar-refractivity contribution in [3.63, 3.8) is 0 Å². The van der Waals surface area contributed by atoms with Crippen molar-refractivity contribution < 1.29 is 8.42 Å². The molecule has 0 spiro atoms. The van der Waals surface area contributed by atoms with Gasteiger partial charge in [0.15, 0.2) is 9.84 Å². The van der Waals surface area contributed by atoms with E-state index in [1.54, 1.807) is 6.20 Å². The average Bonchev–Trinajstić information content (AvgIpc) is 2.79. The van der Waals surface area contributed by atoms with Gasteiger partial charge in [-0.2, -0.15) is 5.10 Å². The summed E-state index contributed by atoms with van der Waals surface area (Å²) in [6.07, 6.45) is 4.20. The zero-order valence-electron chi connectivity index (χ0n) is 12.0. The molecule has 1 saturated heterocycles. The Bertz CT molecular complexity index is 657. The summed E-state index contributed by atoms with van der Waals surface area (Å²) in [6, 6.07) is 0. The van der Waals surface area contributed by atoms with Gasteiger partial charge in [-0.15, -0.1) is 0 Å². The number of hydrogen-bond donors (Lipinski definition) is 1. The highest BCUT2D eigenvalue weighted by Crippen LogP contribution is 2.21. The number of aryl methyl sites for hydroxylation is 1. The van der Waals surface area contributed by atoms with Gasteiger partial charge in [-0.1, -0.05) is 13.3 Å². The Labute approximate surface area is 133 Å². The molecule has 2 heterocycles. The second-order valence-corrected chi connectivity index (χ2v) is 8.43. The molecule has 118 valence electrons. The van der Waals surface area contributed by atoms with Crippen LogP contribution < -0.4 is 10.9 Å². The van der Waals surface area contributed by atoms with E-state index in [9.17, 15) is 13.2 Å². The van der Waals surface area contributed by atoms with Gasteiger partial charge in [0.2, 0.25) is 0 Å². The van der Waals surface area contributed by atoms with Gasteiger partial charge >= 0.3 is 0 Å². The van der Waals surface area contributed by atoms with Crippen LogP contribution in [-0.4, -0.2) is 36.2 Å². The normalized spacial score (nSPS) is 20.6. The maximum absolute atomic E-state index is 12.1. The van der Waals surface area contributed by atoms with Gasteiger partial charge in [-0.05, 0) is 34.7 Å². The summed E-state index contributed by atoms with van der Waals surface area (Å²) in [5.74, 6) is 0.583. The lowest BCUT2D eigenvalue weighted by Crippen LogP contribution is -2.25. The molecule has 21 heavy (non-hydrogen) atoms. The van der Waals surface area contributed by atoms with E-state index < -0.39 is 9.84 Å². The molecule has 0 aromatic carbocycles. The quantitative estimate of drug-likeness (QED) is 0.814. The SMILES string of the molecule is CCCCn1ncc(NCC2CCS(=O)(=O)C2)c(Br)c1=O. The summed E-state index contributed by atoms with van der Waals surface area (Å²) in [6.45, 7) is 3.21. The fourth-order valence-electron chi connectivity index (χ4n) is 2.34. The Balaban J connectivity index is 2.01. The lowest BCUT2D eigenvalue weighted by atomic mass is 10.1. The van der Waals surface area contributed by atoms with Gasteiger partial charge in [0.25, 0.3) is 5.56 Å². The van der Waals surface area contributed by atoms with Crippen LogP contribution in [0.25, 0.3) is 0 Å². The molecule has 0 saturated carbocycles. The number of nitrogens with zero attached hydrogens (tertiary/aromatic N) is 2. The van der Waals surface area contributed by atoms with Crippen LogP contribution in [0.15, 0.2) is 15.5 Å². The minimum absolute atomic E-state index is 0.101. The van der Waals surface area contributed by atoms with E-state index >= 15 is 0 Å². The van der Waals surface area contributed by atoms with E-state index in [2.05, 4.69) is 33.3 Å². The van der Waals surface area contributed by atoms with Crippen molar-refractivity contribution in [1.29, 1.82) is 0 Å². The molecule has 1 aromatic heterocycles. The predicted molar refractivity (Wildman–Crippen MR) is 86.4 cm³/mol. The first kappa shape index (κ1) is 16.5. The van der Waals surface area contributed by atoms with Gasteiger partial charge in [-0.3, -0.25) is 4.79 Å². The monoisotopic (exact) mass is 377 g/mol. The molecule has 8 heteroatoms. The Hall–Kier alpha value is -0.890. The molecule has 0 aliphatic carbocycles. The maximum atomic E-state index is 12.1. The number of nitrogens with one attached hydrogen (secondary N) is 1. The van der Waals surface area contributed by atoms with Gasteiger partial charge in [0.1, 0.15) is 4.47 Å². The van der Waals surface area contributed by atoms with E-state index in [1.807, 2.05) is 0 Å². The van der Waals surface area contributed by atoms with Crippen LogP contribution in [0.4, 0.5) is 5.69 Å². The first-order chi connectivity index (χ1) is 9.93. The van der Waals surface area contributed by atoms with Gasteiger partial charge in [0.05, 0.1) is 23.4 Å². The Morgan fingerprint density at radius 3 is 2.90 bits per heavy atom. The van der Waals surface area contributed by atoms with Gasteiger partial charge < -0.3 is 5.32 Å². The third-order valence-corrected chi connectivity index (χ3v) is 6.22. The Kier molecular flexibility index (Phi) is 5.43. The third kappa shape index (κ3) is 4.29. The number of anilines is 1. The van der Waals surface area contributed by atoms with Crippen molar-refractivity contribution in [2.45, 2.75) is 32.7 Å². The highest BCUT2D eigenvalue weighted by Gasteiger charge is 2.27. The first-order valence-corrected chi connectivity index (χ1v) is 9.74.